The van der Waals surface area contributed by atoms with Gasteiger partial charge in [-0.05, 0) is 37.5 Å². The number of rotatable bonds is 7. The van der Waals surface area contributed by atoms with Crippen LogP contribution in [0.25, 0.3) is 0 Å². The van der Waals surface area contributed by atoms with Crippen LogP contribution in [0.15, 0.2) is 18.2 Å². The molecule has 1 aliphatic carbocycles. The molecule has 2 rings (SSSR count). The van der Waals surface area contributed by atoms with Gasteiger partial charge in [-0.15, -0.1) is 0 Å². The first-order valence-electron chi connectivity index (χ1n) is 7.66. The zero-order valence-electron chi connectivity index (χ0n) is 13.7. The van der Waals surface area contributed by atoms with Crippen LogP contribution < -0.4 is 14.8 Å². The van der Waals surface area contributed by atoms with E-state index in [1.807, 2.05) is 13.0 Å². The Hall–Kier alpha value is -2.24. The number of amides is 1. The van der Waals surface area contributed by atoms with Crippen LogP contribution >= 0.6 is 0 Å². The van der Waals surface area contributed by atoms with Crippen molar-refractivity contribution in [2.75, 3.05) is 14.2 Å². The minimum absolute atomic E-state index is 0.0277. The van der Waals surface area contributed by atoms with Gasteiger partial charge in [-0.3, -0.25) is 9.59 Å². The Bertz CT molecular complexity index is 595. The van der Waals surface area contributed by atoms with Gasteiger partial charge in [-0.2, -0.15) is 0 Å². The van der Waals surface area contributed by atoms with Crippen LogP contribution in [0.3, 0.4) is 0 Å². The van der Waals surface area contributed by atoms with Gasteiger partial charge >= 0.3 is 5.97 Å². The minimum atomic E-state index is -0.877. The van der Waals surface area contributed by atoms with Gasteiger partial charge in [0.15, 0.2) is 11.5 Å². The zero-order valence-corrected chi connectivity index (χ0v) is 13.7. The molecule has 1 aliphatic rings. The number of carbonyl (C=O) groups excluding carboxylic acids is 1. The fraction of sp³-hybridized carbons (Fsp3) is 0.529. The van der Waals surface area contributed by atoms with Crippen molar-refractivity contribution in [1.29, 1.82) is 0 Å². The van der Waals surface area contributed by atoms with E-state index in [0.717, 1.165) is 12.0 Å². The normalized spacial score (nSPS) is 16.8. The van der Waals surface area contributed by atoms with Crippen LogP contribution in [0.5, 0.6) is 11.5 Å². The third-order valence-corrected chi connectivity index (χ3v) is 4.55. The number of methoxy groups -OCH3 is 2. The molecular weight excluding hydrogens is 298 g/mol. The Morgan fingerprint density at radius 2 is 1.91 bits per heavy atom. The quantitative estimate of drug-likeness (QED) is 0.806. The fourth-order valence-electron chi connectivity index (χ4n) is 2.88. The third kappa shape index (κ3) is 3.57. The first kappa shape index (κ1) is 17.1. The second-order valence-corrected chi connectivity index (χ2v) is 6.02. The Balaban J connectivity index is 2.02. The predicted molar refractivity (Wildman–Crippen MR) is 84.6 cm³/mol. The summed E-state index contributed by atoms with van der Waals surface area (Å²) in [6.07, 6.45) is 2.03. The molecule has 0 aromatic heterocycles. The number of benzene rings is 1. The maximum Gasteiger partial charge on any atom is 0.310 e. The lowest BCUT2D eigenvalue weighted by atomic mass is 9.66. The Morgan fingerprint density at radius 1 is 1.26 bits per heavy atom. The van der Waals surface area contributed by atoms with Gasteiger partial charge in [0.2, 0.25) is 5.91 Å². The average Bonchev–Trinajstić information content (AvgIpc) is 2.49. The van der Waals surface area contributed by atoms with Gasteiger partial charge in [0, 0.05) is 6.42 Å². The number of carbonyl (C=O) groups is 2. The van der Waals surface area contributed by atoms with Crippen molar-refractivity contribution in [1.82, 2.24) is 5.32 Å². The summed E-state index contributed by atoms with van der Waals surface area (Å²) in [7, 11) is 3.12. The maximum absolute atomic E-state index is 12.2. The number of ether oxygens (including phenoxy) is 2. The van der Waals surface area contributed by atoms with Crippen molar-refractivity contribution >= 4 is 11.9 Å². The van der Waals surface area contributed by atoms with Crippen molar-refractivity contribution < 1.29 is 24.2 Å². The van der Waals surface area contributed by atoms with E-state index >= 15 is 0 Å². The number of nitrogens with one attached hydrogen (secondary N) is 1. The number of carboxylic acids is 1. The summed E-state index contributed by atoms with van der Waals surface area (Å²) in [5.41, 5.74) is -0.00418. The second-order valence-electron chi connectivity index (χ2n) is 6.02. The molecule has 23 heavy (non-hydrogen) atoms. The maximum atomic E-state index is 12.2. The van der Waals surface area contributed by atoms with Crippen molar-refractivity contribution in [3.05, 3.63) is 23.8 Å². The molecule has 0 aliphatic heterocycles. The Morgan fingerprint density at radius 3 is 2.39 bits per heavy atom. The monoisotopic (exact) mass is 321 g/mol. The van der Waals surface area contributed by atoms with Crippen molar-refractivity contribution in [2.24, 2.45) is 5.41 Å². The molecule has 126 valence electrons. The topological polar surface area (TPSA) is 84.9 Å². The Labute approximate surface area is 135 Å². The average molecular weight is 321 g/mol. The molecule has 6 nitrogen and oxygen atoms in total. The highest BCUT2D eigenvalue weighted by Crippen LogP contribution is 2.44. The van der Waals surface area contributed by atoms with E-state index < -0.39 is 11.4 Å². The highest BCUT2D eigenvalue weighted by molar-refractivity contribution is 5.85. The molecule has 0 bridgehead atoms. The molecule has 1 aromatic carbocycles. The van der Waals surface area contributed by atoms with Gasteiger partial charge in [0.25, 0.3) is 0 Å². The number of carboxylic acid groups (broad SMARTS) is 1. The summed E-state index contributed by atoms with van der Waals surface area (Å²) in [6.45, 7) is 1.85. The Kier molecular flexibility index (Phi) is 5.13. The predicted octanol–water partition coefficient (Wildman–Crippen LogP) is 2.53. The SMILES string of the molecule is COc1ccc(C(C)NC(=O)CC2(C(=O)O)CCC2)cc1OC. The first-order chi connectivity index (χ1) is 10.9. The van der Waals surface area contributed by atoms with E-state index in [2.05, 4.69) is 5.32 Å². The molecule has 0 spiro atoms. The van der Waals surface area contributed by atoms with Crippen molar-refractivity contribution in [2.45, 2.75) is 38.6 Å². The van der Waals surface area contributed by atoms with Gasteiger partial charge in [0.05, 0.1) is 25.7 Å². The first-order valence-corrected chi connectivity index (χ1v) is 7.66. The van der Waals surface area contributed by atoms with Gasteiger partial charge < -0.3 is 19.9 Å². The second kappa shape index (κ2) is 6.89. The van der Waals surface area contributed by atoms with Crippen LogP contribution in [0.1, 0.15) is 44.2 Å². The molecule has 1 amide bonds. The largest absolute Gasteiger partial charge is 0.493 e. The lowest BCUT2D eigenvalue weighted by molar-refractivity contribution is -0.157. The van der Waals surface area contributed by atoms with E-state index in [1.165, 1.54) is 0 Å². The molecule has 1 fully saturated rings. The summed E-state index contributed by atoms with van der Waals surface area (Å²) in [5.74, 6) is 0.0910. The molecule has 1 aromatic rings. The standard InChI is InChI=1S/C17H23NO5/c1-11(12-5-6-13(22-2)14(9-12)23-3)18-15(19)10-17(16(20)21)7-4-8-17/h5-6,9,11H,4,7-8,10H2,1-3H3,(H,18,19)(H,20,21). The molecule has 0 radical (unpaired) electrons. The van der Waals surface area contributed by atoms with E-state index in [1.54, 1.807) is 26.4 Å². The molecule has 6 heteroatoms. The van der Waals surface area contributed by atoms with E-state index in [4.69, 9.17) is 9.47 Å². The highest BCUT2D eigenvalue weighted by atomic mass is 16.5. The molecule has 1 saturated carbocycles. The van der Waals surface area contributed by atoms with Gasteiger partial charge in [-0.25, -0.2) is 0 Å². The summed E-state index contributed by atoms with van der Waals surface area (Å²) < 4.78 is 10.4. The lowest BCUT2D eigenvalue weighted by Gasteiger charge is -2.37. The highest BCUT2D eigenvalue weighted by Gasteiger charge is 2.45. The summed E-state index contributed by atoms with van der Waals surface area (Å²) in [6, 6.07) is 5.19. The van der Waals surface area contributed by atoms with Crippen LogP contribution in [0.2, 0.25) is 0 Å². The lowest BCUT2D eigenvalue weighted by Crippen LogP contribution is -2.43. The molecule has 1 unspecified atom stereocenters. The van der Waals surface area contributed by atoms with Crippen LogP contribution in [-0.4, -0.2) is 31.2 Å². The van der Waals surface area contributed by atoms with Crippen LogP contribution in [0.4, 0.5) is 0 Å². The summed E-state index contributed by atoms with van der Waals surface area (Å²) in [4.78, 5) is 23.5. The van der Waals surface area contributed by atoms with Crippen LogP contribution in [0, 0.1) is 5.41 Å². The molecular formula is C17H23NO5. The van der Waals surface area contributed by atoms with E-state index in [-0.39, 0.29) is 18.4 Å². The van der Waals surface area contributed by atoms with E-state index in [9.17, 15) is 14.7 Å². The summed E-state index contributed by atoms with van der Waals surface area (Å²) in [5, 5.41) is 12.2. The van der Waals surface area contributed by atoms with Gasteiger partial charge in [0.1, 0.15) is 0 Å². The molecule has 0 saturated heterocycles. The zero-order chi connectivity index (χ0) is 17.0. The van der Waals surface area contributed by atoms with Crippen molar-refractivity contribution in [3.8, 4) is 11.5 Å². The molecule has 2 N–H and O–H groups in total. The molecule has 0 heterocycles. The van der Waals surface area contributed by atoms with E-state index in [0.29, 0.717) is 24.3 Å². The number of aliphatic carboxylic acids is 1. The van der Waals surface area contributed by atoms with Gasteiger partial charge in [-0.1, -0.05) is 12.5 Å². The number of hydrogen-bond acceptors (Lipinski definition) is 4. The number of hydrogen-bond donors (Lipinski definition) is 2. The minimum Gasteiger partial charge on any atom is -0.493 e. The van der Waals surface area contributed by atoms with Crippen LogP contribution in [-0.2, 0) is 9.59 Å². The fourth-order valence-corrected chi connectivity index (χ4v) is 2.88. The molecule has 1 atom stereocenters. The third-order valence-electron chi connectivity index (χ3n) is 4.55. The summed E-state index contributed by atoms with van der Waals surface area (Å²) >= 11 is 0. The van der Waals surface area contributed by atoms with Crippen molar-refractivity contribution in [3.63, 3.8) is 0 Å². The smallest absolute Gasteiger partial charge is 0.310 e.